The van der Waals surface area contributed by atoms with Crippen molar-refractivity contribution in [3.8, 4) is 0 Å². The monoisotopic (exact) mass is 330 g/mol. The van der Waals surface area contributed by atoms with E-state index in [1.807, 2.05) is 0 Å². The molecule has 3 rings (SSSR count). The van der Waals surface area contributed by atoms with Crippen molar-refractivity contribution in [3.63, 3.8) is 0 Å². The minimum absolute atomic E-state index is 0.0847. The van der Waals surface area contributed by atoms with Gasteiger partial charge in [0.05, 0.1) is 0 Å². The van der Waals surface area contributed by atoms with E-state index in [1.54, 1.807) is 6.92 Å². The van der Waals surface area contributed by atoms with Crippen LogP contribution in [0.3, 0.4) is 0 Å². The molecule has 0 aromatic carbocycles. The molecule has 3 heteroatoms. The zero-order valence-corrected chi connectivity index (χ0v) is 14.7. The minimum atomic E-state index is -1.09. The number of rotatable bonds is 2. The van der Waals surface area contributed by atoms with E-state index in [9.17, 15) is 13.2 Å². The first kappa shape index (κ1) is 17.6. The van der Waals surface area contributed by atoms with Gasteiger partial charge in [-0.3, -0.25) is 0 Å². The van der Waals surface area contributed by atoms with Crippen LogP contribution >= 0.6 is 0 Å². The average Bonchev–Trinajstić information content (AvgIpc) is 2.53. The lowest BCUT2D eigenvalue weighted by molar-refractivity contribution is -0.0125. The molecule has 3 aliphatic rings. The smallest absolute Gasteiger partial charge is 0.106 e. The SMILES string of the molecule is CC1CCC([C@@H]2CCC(C3CC(F)C(C)C(F)C3)C(F)C2)CC1. The van der Waals surface area contributed by atoms with Crippen molar-refractivity contribution in [2.75, 3.05) is 0 Å². The lowest BCUT2D eigenvalue weighted by atomic mass is 9.64. The minimum Gasteiger partial charge on any atom is -0.247 e. The number of halogens is 3. The van der Waals surface area contributed by atoms with Crippen LogP contribution in [0.15, 0.2) is 0 Å². The maximum Gasteiger partial charge on any atom is 0.106 e. The summed E-state index contributed by atoms with van der Waals surface area (Å²) >= 11 is 0. The van der Waals surface area contributed by atoms with Gasteiger partial charge in [-0.15, -0.1) is 0 Å². The zero-order valence-electron chi connectivity index (χ0n) is 14.7. The Hall–Kier alpha value is -0.210. The fraction of sp³-hybridized carbons (Fsp3) is 1.00. The highest BCUT2D eigenvalue weighted by Gasteiger charge is 2.44. The summed E-state index contributed by atoms with van der Waals surface area (Å²) in [6.07, 6.45) is 5.37. The van der Waals surface area contributed by atoms with E-state index >= 15 is 0 Å². The second-order valence-electron chi connectivity index (χ2n) is 8.90. The maximum absolute atomic E-state index is 14.8. The molecule has 3 aliphatic carbocycles. The predicted octanol–water partition coefficient (Wildman–Crippen LogP) is 6.29. The molecule has 23 heavy (non-hydrogen) atoms. The summed E-state index contributed by atoms with van der Waals surface area (Å²) in [5, 5.41) is 0. The Labute approximate surface area is 139 Å². The molecule has 0 saturated heterocycles. The molecule has 0 radical (unpaired) electrons. The van der Waals surface area contributed by atoms with Crippen LogP contribution in [-0.4, -0.2) is 18.5 Å². The van der Waals surface area contributed by atoms with Crippen LogP contribution in [0.2, 0.25) is 0 Å². The molecule has 0 N–H and O–H groups in total. The molecule has 3 fully saturated rings. The van der Waals surface area contributed by atoms with Gasteiger partial charge in [-0.05, 0) is 74.5 Å². The number of hydrogen-bond donors (Lipinski definition) is 0. The van der Waals surface area contributed by atoms with E-state index in [1.165, 1.54) is 25.7 Å². The molecular weight excluding hydrogens is 297 g/mol. The van der Waals surface area contributed by atoms with Crippen LogP contribution in [0.5, 0.6) is 0 Å². The molecule has 0 aliphatic heterocycles. The Bertz CT molecular complexity index is 365. The van der Waals surface area contributed by atoms with E-state index in [-0.39, 0.29) is 11.8 Å². The van der Waals surface area contributed by atoms with E-state index < -0.39 is 24.4 Å². The largest absolute Gasteiger partial charge is 0.247 e. The summed E-state index contributed by atoms with van der Waals surface area (Å²) in [4.78, 5) is 0. The lowest BCUT2D eigenvalue weighted by Gasteiger charge is -2.43. The van der Waals surface area contributed by atoms with Gasteiger partial charge in [0.25, 0.3) is 0 Å². The molecule has 0 spiro atoms. The molecule has 0 aromatic rings. The van der Waals surface area contributed by atoms with E-state index in [4.69, 9.17) is 0 Å². The zero-order chi connectivity index (χ0) is 16.6. The first-order valence-electron chi connectivity index (χ1n) is 9.88. The summed E-state index contributed by atoms with van der Waals surface area (Å²) in [7, 11) is 0. The Morgan fingerprint density at radius 1 is 0.565 bits per heavy atom. The number of hydrogen-bond acceptors (Lipinski definition) is 0. The highest BCUT2D eigenvalue weighted by Crippen LogP contribution is 2.47. The van der Waals surface area contributed by atoms with E-state index in [2.05, 4.69) is 6.92 Å². The van der Waals surface area contributed by atoms with Gasteiger partial charge in [0.2, 0.25) is 0 Å². The summed E-state index contributed by atoms with van der Waals surface area (Å²) < 4.78 is 42.8. The Balaban J connectivity index is 1.54. The standard InChI is InChI=1S/C20H33F3/c1-12-3-5-14(6-4-12)15-7-8-17(20(23)9-15)16-10-18(21)13(2)19(22)11-16/h12-20H,3-11H2,1-2H3/t12?,13?,14?,15-,16?,17?,18?,19?,20?/m1/s1. The van der Waals surface area contributed by atoms with Crippen molar-refractivity contribution >= 4 is 0 Å². The quantitative estimate of drug-likeness (QED) is 0.558. The Morgan fingerprint density at radius 2 is 1.09 bits per heavy atom. The molecule has 0 heterocycles. The van der Waals surface area contributed by atoms with Gasteiger partial charge >= 0.3 is 0 Å². The molecule has 0 aromatic heterocycles. The maximum atomic E-state index is 14.8. The van der Waals surface area contributed by atoms with Gasteiger partial charge in [0, 0.05) is 5.92 Å². The van der Waals surface area contributed by atoms with E-state index in [0.717, 1.165) is 18.8 Å². The second kappa shape index (κ2) is 7.35. The molecule has 0 bridgehead atoms. The third-order valence-electron chi connectivity index (χ3n) is 7.39. The molecular formula is C20H33F3. The molecule has 0 nitrogen and oxygen atoms in total. The summed E-state index contributed by atoms with van der Waals surface area (Å²) in [5.74, 6) is 1.34. The molecule has 5 atom stereocenters. The molecule has 0 amide bonds. The van der Waals surface area contributed by atoms with Gasteiger partial charge in [0.1, 0.15) is 18.5 Å². The highest BCUT2D eigenvalue weighted by molar-refractivity contribution is 4.93. The third kappa shape index (κ3) is 3.90. The van der Waals surface area contributed by atoms with Gasteiger partial charge in [-0.25, -0.2) is 13.2 Å². The van der Waals surface area contributed by atoms with Crippen molar-refractivity contribution in [2.45, 2.75) is 90.1 Å². The van der Waals surface area contributed by atoms with Crippen molar-refractivity contribution in [2.24, 2.45) is 35.5 Å². The highest BCUT2D eigenvalue weighted by atomic mass is 19.1. The van der Waals surface area contributed by atoms with Crippen LogP contribution in [-0.2, 0) is 0 Å². The van der Waals surface area contributed by atoms with Crippen molar-refractivity contribution in [1.82, 2.24) is 0 Å². The topological polar surface area (TPSA) is 0 Å². The van der Waals surface area contributed by atoms with Crippen LogP contribution < -0.4 is 0 Å². The fourth-order valence-corrected chi connectivity index (χ4v) is 5.57. The lowest BCUT2D eigenvalue weighted by Crippen LogP contribution is -2.41. The third-order valence-corrected chi connectivity index (χ3v) is 7.39. The van der Waals surface area contributed by atoms with Crippen LogP contribution in [0.25, 0.3) is 0 Å². The normalized spacial score (nSPS) is 52.3. The average molecular weight is 330 g/mol. The Morgan fingerprint density at radius 3 is 1.65 bits per heavy atom. The van der Waals surface area contributed by atoms with Crippen LogP contribution in [0.1, 0.15) is 71.6 Å². The van der Waals surface area contributed by atoms with Crippen molar-refractivity contribution in [1.29, 1.82) is 0 Å². The molecule has 134 valence electrons. The summed E-state index contributed by atoms with van der Waals surface area (Å²) in [5.41, 5.74) is 0. The van der Waals surface area contributed by atoms with E-state index in [0.29, 0.717) is 31.1 Å². The van der Waals surface area contributed by atoms with Crippen LogP contribution in [0.4, 0.5) is 13.2 Å². The van der Waals surface area contributed by atoms with Crippen molar-refractivity contribution < 1.29 is 13.2 Å². The second-order valence-corrected chi connectivity index (χ2v) is 8.90. The summed E-state index contributed by atoms with van der Waals surface area (Å²) in [6.45, 7) is 3.97. The first-order valence-corrected chi connectivity index (χ1v) is 9.88. The van der Waals surface area contributed by atoms with Gasteiger partial charge in [-0.1, -0.05) is 26.7 Å². The molecule has 4 unspecified atom stereocenters. The summed E-state index contributed by atoms with van der Waals surface area (Å²) in [6, 6.07) is 0. The van der Waals surface area contributed by atoms with Crippen molar-refractivity contribution in [3.05, 3.63) is 0 Å². The predicted molar refractivity (Wildman–Crippen MR) is 88.5 cm³/mol. The first-order chi connectivity index (χ1) is 11.0. The number of alkyl halides is 3. The van der Waals surface area contributed by atoms with Gasteiger partial charge in [0.15, 0.2) is 0 Å². The Kier molecular flexibility index (Phi) is 5.63. The van der Waals surface area contributed by atoms with Gasteiger partial charge in [-0.2, -0.15) is 0 Å². The van der Waals surface area contributed by atoms with Crippen LogP contribution in [0, 0.1) is 35.5 Å². The molecule has 3 saturated carbocycles. The van der Waals surface area contributed by atoms with Gasteiger partial charge < -0.3 is 0 Å². The fourth-order valence-electron chi connectivity index (χ4n) is 5.57.